The lowest BCUT2D eigenvalue weighted by molar-refractivity contribution is -0.148. The van der Waals surface area contributed by atoms with Crippen molar-refractivity contribution in [2.24, 2.45) is 29.1 Å². The van der Waals surface area contributed by atoms with Crippen LogP contribution in [0.25, 0.3) is 0 Å². The second kappa shape index (κ2) is 9.48. The van der Waals surface area contributed by atoms with Crippen LogP contribution in [0.1, 0.15) is 79.6 Å². The van der Waals surface area contributed by atoms with Gasteiger partial charge in [0.25, 0.3) is 0 Å². The van der Waals surface area contributed by atoms with Gasteiger partial charge in [0.2, 0.25) is 11.8 Å². The molecule has 4 fully saturated rings. The van der Waals surface area contributed by atoms with Crippen LogP contribution >= 0.6 is 11.8 Å². The normalized spacial score (nSPS) is 43.1. The molecule has 5 nitrogen and oxygen atoms in total. The zero-order valence-corrected chi connectivity index (χ0v) is 21.8. The second-order valence-corrected chi connectivity index (χ2v) is 13.8. The van der Waals surface area contributed by atoms with Gasteiger partial charge in [-0.2, -0.15) is 0 Å². The fraction of sp³-hybridized carbons (Fsp3) is 0.923. The summed E-state index contributed by atoms with van der Waals surface area (Å²) in [6, 6.07) is 1.10. The summed E-state index contributed by atoms with van der Waals surface area (Å²) in [6.45, 7) is 12.4. The zero-order chi connectivity index (χ0) is 23.2. The summed E-state index contributed by atoms with van der Waals surface area (Å²) in [7, 11) is 2.03. The van der Waals surface area contributed by atoms with Crippen molar-refractivity contribution < 1.29 is 9.59 Å². The third-order valence-electron chi connectivity index (χ3n) is 8.99. The number of carbonyl (C=O) groups excluding carboxylic acids is 2. The number of amides is 2. The first-order valence-electron chi connectivity index (χ1n) is 13.0. The maximum Gasteiger partial charge on any atom is 0.233 e. The lowest BCUT2D eigenvalue weighted by Gasteiger charge is -2.50. The van der Waals surface area contributed by atoms with Gasteiger partial charge in [-0.1, -0.05) is 27.7 Å². The lowest BCUT2D eigenvalue weighted by Crippen LogP contribution is -2.60. The summed E-state index contributed by atoms with van der Waals surface area (Å²) >= 11 is 1.88. The fourth-order valence-electron chi connectivity index (χ4n) is 6.86. The molecule has 2 amide bonds. The van der Waals surface area contributed by atoms with E-state index in [1.807, 2.05) is 18.8 Å². The first-order chi connectivity index (χ1) is 15.0. The summed E-state index contributed by atoms with van der Waals surface area (Å²) in [6.07, 6.45) is 7.31. The van der Waals surface area contributed by atoms with Gasteiger partial charge >= 0.3 is 0 Å². The molecule has 4 aliphatic rings. The van der Waals surface area contributed by atoms with E-state index < -0.39 is 0 Å². The summed E-state index contributed by atoms with van der Waals surface area (Å²) in [5.41, 5.74) is 0.252. The Morgan fingerprint density at radius 1 is 1.09 bits per heavy atom. The van der Waals surface area contributed by atoms with E-state index in [-0.39, 0.29) is 28.5 Å². The van der Waals surface area contributed by atoms with Crippen molar-refractivity contribution in [3.05, 3.63) is 0 Å². The highest BCUT2D eigenvalue weighted by Gasteiger charge is 2.47. The quantitative estimate of drug-likeness (QED) is 0.663. The first-order valence-corrected chi connectivity index (χ1v) is 13.9. The summed E-state index contributed by atoms with van der Waals surface area (Å²) < 4.78 is 0. The fourth-order valence-corrected chi connectivity index (χ4v) is 8.40. The van der Waals surface area contributed by atoms with Crippen LogP contribution in [0.3, 0.4) is 0 Å². The van der Waals surface area contributed by atoms with Crippen LogP contribution in [0.4, 0.5) is 0 Å². The molecule has 3 aliphatic heterocycles. The van der Waals surface area contributed by atoms with Gasteiger partial charge in [0.15, 0.2) is 0 Å². The maximum absolute atomic E-state index is 13.4. The number of hydrogen-bond donors (Lipinski definition) is 2. The molecule has 9 unspecified atom stereocenters. The van der Waals surface area contributed by atoms with Crippen molar-refractivity contribution in [3.8, 4) is 0 Å². The molecule has 32 heavy (non-hydrogen) atoms. The molecule has 0 aromatic heterocycles. The smallest absolute Gasteiger partial charge is 0.233 e. The van der Waals surface area contributed by atoms with Gasteiger partial charge in [0.1, 0.15) is 0 Å². The molecule has 3 heterocycles. The minimum Gasteiger partial charge on any atom is -0.352 e. The number of nitrogens with one attached hydrogen (secondary N) is 2. The van der Waals surface area contributed by atoms with Crippen LogP contribution in [0.2, 0.25) is 0 Å². The molecule has 6 heteroatoms. The molecule has 0 aromatic rings. The average molecular weight is 464 g/mol. The van der Waals surface area contributed by atoms with Gasteiger partial charge in [-0.15, -0.1) is 11.8 Å². The molecule has 0 bridgehead atoms. The third-order valence-corrected chi connectivity index (χ3v) is 11.0. The highest BCUT2D eigenvalue weighted by molar-refractivity contribution is 8.01. The van der Waals surface area contributed by atoms with E-state index in [0.29, 0.717) is 41.0 Å². The van der Waals surface area contributed by atoms with Crippen molar-refractivity contribution >= 4 is 23.6 Å². The molecule has 182 valence electrons. The molecule has 9 atom stereocenters. The minimum atomic E-state index is 0.0931. The Morgan fingerprint density at radius 2 is 1.84 bits per heavy atom. The molecule has 2 N–H and O–H groups in total. The molecular weight excluding hydrogens is 418 g/mol. The van der Waals surface area contributed by atoms with E-state index in [9.17, 15) is 9.59 Å². The SMILES string of the molecule is CC1CC2C(CN1)CC(C1CC(NC(=O)C3CCC(C(C)(C)C)S3)CCC1C)C(=O)N2C. The molecular formula is C26H45N3O2S. The van der Waals surface area contributed by atoms with Gasteiger partial charge < -0.3 is 15.5 Å². The Morgan fingerprint density at radius 3 is 2.53 bits per heavy atom. The number of carbonyl (C=O) groups is 2. The number of piperidine rings is 2. The summed E-state index contributed by atoms with van der Waals surface area (Å²) in [5.74, 6) is 2.18. The van der Waals surface area contributed by atoms with Crippen LogP contribution in [-0.2, 0) is 9.59 Å². The minimum absolute atomic E-state index is 0.0931. The van der Waals surface area contributed by atoms with Gasteiger partial charge in [-0.3, -0.25) is 9.59 Å². The third kappa shape index (κ3) is 5.01. The maximum atomic E-state index is 13.4. The Balaban J connectivity index is 1.37. The molecule has 1 saturated carbocycles. The number of likely N-dealkylation sites (tertiary alicyclic amines) is 1. The average Bonchev–Trinajstić information content (AvgIpc) is 3.24. The summed E-state index contributed by atoms with van der Waals surface area (Å²) in [4.78, 5) is 28.6. The lowest BCUT2D eigenvalue weighted by atomic mass is 9.65. The number of fused-ring (bicyclic) bond motifs is 1. The predicted octanol–water partition coefficient (Wildman–Crippen LogP) is 4.06. The van der Waals surface area contributed by atoms with Crippen LogP contribution in [0.15, 0.2) is 0 Å². The molecule has 0 aromatic carbocycles. The van der Waals surface area contributed by atoms with E-state index in [1.54, 1.807) is 0 Å². The first kappa shape index (κ1) is 24.4. The van der Waals surface area contributed by atoms with E-state index in [4.69, 9.17) is 0 Å². The Labute approximate surface area is 199 Å². The van der Waals surface area contributed by atoms with Crippen molar-refractivity contribution in [3.63, 3.8) is 0 Å². The van der Waals surface area contributed by atoms with Gasteiger partial charge in [-0.05, 0) is 75.0 Å². The Bertz CT molecular complexity index is 708. The highest BCUT2D eigenvalue weighted by Crippen LogP contribution is 2.45. The van der Waals surface area contributed by atoms with Gasteiger partial charge in [0, 0.05) is 42.9 Å². The molecule has 3 saturated heterocycles. The van der Waals surface area contributed by atoms with Crippen molar-refractivity contribution in [2.45, 2.75) is 108 Å². The predicted molar refractivity (Wildman–Crippen MR) is 133 cm³/mol. The Hall–Kier alpha value is -0.750. The Kier molecular flexibility index (Phi) is 7.22. The van der Waals surface area contributed by atoms with E-state index in [2.05, 4.69) is 50.2 Å². The van der Waals surface area contributed by atoms with Crippen LogP contribution in [0.5, 0.6) is 0 Å². The largest absolute Gasteiger partial charge is 0.352 e. The van der Waals surface area contributed by atoms with Crippen LogP contribution in [-0.4, -0.2) is 58.9 Å². The second-order valence-electron chi connectivity index (χ2n) is 12.4. The molecule has 0 radical (unpaired) electrons. The summed E-state index contributed by atoms with van der Waals surface area (Å²) in [5, 5.41) is 7.70. The zero-order valence-electron chi connectivity index (χ0n) is 21.0. The van der Waals surface area contributed by atoms with Crippen molar-refractivity contribution in [2.75, 3.05) is 13.6 Å². The number of thioether (sulfide) groups is 1. The number of hydrogen-bond acceptors (Lipinski definition) is 4. The highest BCUT2D eigenvalue weighted by atomic mass is 32.2. The number of rotatable bonds is 3. The topological polar surface area (TPSA) is 61.4 Å². The molecule has 0 spiro atoms. The molecule has 1 aliphatic carbocycles. The van der Waals surface area contributed by atoms with Gasteiger partial charge in [-0.25, -0.2) is 0 Å². The van der Waals surface area contributed by atoms with Crippen LogP contribution < -0.4 is 10.6 Å². The van der Waals surface area contributed by atoms with Crippen molar-refractivity contribution in [1.82, 2.24) is 15.5 Å². The number of nitrogens with zero attached hydrogens (tertiary/aromatic N) is 1. The van der Waals surface area contributed by atoms with Crippen molar-refractivity contribution in [1.29, 1.82) is 0 Å². The molecule has 4 rings (SSSR count). The van der Waals surface area contributed by atoms with E-state index in [1.165, 1.54) is 0 Å². The standard InChI is InChI=1S/C26H45N3O2S/c1-15-7-8-18(28-24(30)22-9-10-23(32-22)26(3,4)5)13-19(15)20-12-17-14-27-16(2)11-21(17)29(6)25(20)31/h15-23,27H,7-14H2,1-6H3,(H,28,30). The monoisotopic (exact) mass is 463 g/mol. The van der Waals surface area contributed by atoms with Gasteiger partial charge in [0.05, 0.1) is 5.25 Å². The van der Waals surface area contributed by atoms with Crippen LogP contribution in [0, 0.1) is 29.1 Å². The van der Waals surface area contributed by atoms with E-state index in [0.717, 1.165) is 51.5 Å². The van der Waals surface area contributed by atoms with E-state index >= 15 is 0 Å².